The molecule has 0 bridgehead atoms. The van der Waals surface area contributed by atoms with Crippen molar-refractivity contribution in [3.63, 3.8) is 0 Å². The van der Waals surface area contributed by atoms with Crippen molar-refractivity contribution in [3.05, 3.63) is 53.7 Å². The zero-order valence-electron chi connectivity index (χ0n) is 15.3. The quantitative estimate of drug-likeness (QED) is 0.793. The van der Waals surface area contributed by atoms with E-state index in [0.717, 1.165) is 30.7 Å². The summed E-state index contributed by atoms with van der Waals surface area (Å²) in [6.45, 7) is 2.41. The van der Waals surface area contributed by atoms with E-state index in [-0.39, 0.29) is 5.91 Å². The molecule has 0 aliphatic carbocycles. The fourth-order valence-corrected chi connectivity index (χ4v) is 3.64. The van der Waals surface area contributed by atoms with Gasteiger partial charge in [-0.25, -0.2) is 13.4 Å². The third kappa shape index (κ3) is 5.68. The molecule has 1 amide bonds. The van der Waals surface area contributed by atoms with Crippen LogP contribution in [0.2, 0.25) is 0 Å². The van der Waals surface area contributed by atoms with Crippen molar-refractivity contribution in [2.24, 2.45) is 0 Å². The van der Waals surface area contributed by atoms with E-state index in [4.69, 9.17) is 0 Å². The lowest BCUT2D eigenvalue weighted by Gasteiger charge is -2.27. The van der Waals surface area contributed by atoms with Crippen LogP contribution < -0.4 is 14.9 Å². The predicted octanol–water partition coefficient (Wildman–Crippen LogP) is 2.37. The molecule has 1 aliphatic rings. The Morgan fingerprint density at radius 3 is 2.67 bits per heavy atom. The van der Waals surface area contributed by atoms with Gasteiger partial charge in [-0.05, 0) is 55.2 Å². The van der Waals surface area contributed by atoms with E-state index in [1.54, 1.807) is 24.4 Å². The van der Waals surface area contributed by atoms with Crippen molar-refractivity contribution in [3.8, 4) is 0 Å². The van der Waals surface area contributed by atoms with Crippen molar-refractivity contribution in [1.29, 1.82) is 0 Å². The Balaban J connectivity index is 1.63. The van der Waals surface area contributed by atoms with Crippen molar-refractivity contribution < 1.29 is 13.2 Å². The van der Waals surface area contributed by atoms with E-state index in [9.17, 15) is 13.2 Å². The Morgan fingerprint density at radius 1 is 1.15 bits per heavy atom. The number of piperidine rings is 1. The molecule has 1 aromatic heterocycles. The van der Waals surface area contributed by atoms with Gasteiger partial charge in [0.1, 0.15) is 5.82 Å². The van der Waals surface area contributed by atoms with Gasteiger partial charge in [0.05, 0.1) is 6.26 Å². The first kappa shape index (κ1) is 19.2. The molecule has 1 aliphatic heterocycles. The molecule has 0 atom stereocenters. The molecule has 2 aromatic rings. The Bertz CT molecular complexity index is 909. The maximum atomic E-state index is 12.4. The number of sulfonamides is 1. The van der Waals surface area contributed by atoms with Gasteiger partial charge in [-0.1, -0.05) is 6.07 Å². The third-order valence-corrected chi connectivity index (χ3v) is 4.98. The molecule has 27 heavy (non-hydrogen) atoms. The fourth-order valence-electron chi connectivity index (χ4n) is 3.09. The molecule has 1 fully saturated rings. The molecule has 1 aromatic carbocycles. The van der Waals surface area contributed by atoms with E-state index in [2.05, 4.69) is 19.9 Å². The first-order chi connectivity index (χ1) is 12.9. The maximum Gasteiger partial charge on any atom is 0.251 e. The summed E-state index contributed by atoms with van der Waals surface area (Å²) in [4.78, 5) is 19.1. The summed E-state index contributed by atoms with van der Waals surface area (Å²) in [5.41, 5.74) is 1.74. The van der Waals surface area contributed by atoms with Gasteiger partial charge < -0.3 is 10.2 Å². The van der Waals surface area contributed by atoms with Crippen LogP contribution in [0.5, 0.6) is 0 Å². The smallest absolute Gasteiger partial charge is 0.251 e. The van der Waals surface area contributed by atoms with Crippen LogP contribution in [0.3, 0.4) is 0 Å². The van der Waals surface area contributed by atoms with E-state index in [0.29, 0.717) is 17.8 Å². The largest absolute Gasteiger partial charge is 0.357 e. The monoisotopic (exact) mass is 388 g/mol. The number of carbonyl (C=O) groups is 1. The summed E-state index contributed by atoms with van der Waals surface area (Å²) in [6.07, 6.45) is 6.46. The van der Waals surface area contributed by atoms with Gasteiger partial charge in [0, 0.05) is 37.1 Å². The van der Waals surface area contributed by atoms with Gasteiger partial charge >= 0.3 is 0 Å². The molecule has 144 valence electrons. The first-order valence-corrected chi connectivity index (χ1v) is 10.9. The topological polar surface area (TPSA) is 91.4 Å². The Morgan fingerprint density at radius 2 is 1.93 bits per heavy atom. The predicted molar refractivity (Wildman–Crippen MR) is 106 cm³/mol. The fraction of sp³-hybridized carbons (Fsp3) is 0.368. The summed E-state index contributed by atoms with van der Waals surface area (Å²) < 4.78 is 25.0. The SMILES string of the molecule is CS(=O)(=O)Nc1cccc(C(=O)NCc2ccnc(N3CCCCC3)c2)c1. The zero-order valence-corrected chi connectivity index (χ0v) is 16.1. The second-order valence-corrected chi connectivity index (χ2v) is 8.46. The highest BCUT2D eigenvalue weighted by Crippen LogP contribution is 2.18. The van der Waals surface area contributed by atoms with Crippen molar-refractivity contribution in [2.45, 2.75) is 25.8 Å². The number of aromatic nitrogens is 1. The number of amides is 1. The van der Waals surface area contributed by atoms with Gasteiger partial charge in [0.25, 0.3) is 5.91 Å². The molecule has 0 saturated carbocycles. The molecule has 2 N–H and O–H groups in total. The Kier molecular flexibility index (Phi) is 5.95. The highest BCUT2D eigenvalue weighted by molar-refractivity contribution is 7.92. The zero-order chi connectivity index (χ0) is 19.3. The number of benzene rings is 1. The summed E-state index contributed by atoms with van der Waals surface area (Å²) in [5.74, 6) is 0.685. The first-order valence-electron chi connectivity index (χ1n) is 8.97. The molecule has 3 rings (SSSR count). The van der Waals surface area contributed by atoms with Gasteiger partial charge in [-0.2, -0.15) is 0 Å². The molecular weight excluding hydrogens is 364 g/mol. The summed E-state index contributed by atoms with van der Waals surface area (Å²) in [7, 11) is -3.38. The van der Waals surface area contributed by atoms with Crippen LogP contribution in [0.15, 0.2) is 42.6 Å². The normalized spacial score (nSPS) is 14.6. The molecule has 0 spiro atoms. The van der Waals surface area contributed by atoms with Crippen LogP contribution >= 0.6 is 0 Å². The van der Waals surface area contributed by atoms with Crippen LogP contribution in [0, 0.1) is 0 Å². The van der Waals surface area contributed by atoms with Gasteiger partial charge in [0.15, 0.2) is 0 Å². The van der Waals surface area contributed by atoms with Crippen molar-refractivity contribution >= 4 is 27.4 Å². The number of carbonyl (C=O) groups excluding carboxylic acids is 1. The average molecular weight is 388 g/mol. The van der Waals surface area contributed by atoms with Crippen LogP contribution in [0.1, 0.15) is 35.2 Å². The van der Waals surface area contributed by atoms with Gasteiger partial charge in [-0.15, -0.1) is 0 Å². The minimum atomic E-state index is -3.38. The molecule has 0 unspecified atom stereocenters. The number of pyridine rings is 1. The standard InChI is InChI=1S/C19H24N4O3S/c1-27(25,26)22-17-7-5-6-16(13-17)19(24)21-14-15-8-9-20-18(12-15)23-10-3-2-4-11-23/h5-9,12-13,22H,2-4,10-11,14H2,1H3,(H,21,24). The molecule has 2 heterocycles. The minimum absolute atomic E-state index is 0.261. The van der Waals surface area contributed by atoms with Crippen LogP contribution in [0.4, 0.5) is 11.5 Å². The van der Waals surface area contributed by atoms with E-state index in [1.807, 2.05) is 12.1 Å². The maximum absolute atomic E-state index is 12.4. The second-order valence-electron chi connectivity index (χ2n) is 6.71. The number of nitrogens with one attached hydrogen (secondary N) is 2. The molecular formula is C19H24N4O3S. The third-order valence-electron chi connectivity index (χ3n) is 4.37. The van der Waals surface area contributed by atoms with Crippen molar-refractivity contribution in [1.82, 2.24) is 10.3 Å². The second kappa shape index (κ2) is 8.39. The summed E-state index contributed by atoms with van der Waals surface area (Å²) >= 11 is 0. The van der Waals surface area contributed by atoms with Crippen LogP contribution in [0.25, 0.3) is 0 Å². The summed E-state index contributed by atoms with van der Waals surface area (Å²) in [6, 6.07) is 10.3. The lowest BCUT2D eigenvalue weighted by molar-refractivity contribution is 0.0951. The van der Waals surface area contributed by atoms with E-state index < -0.39 is 10.0 Å². The van der Waals surface area contributed by atoms with Crippen LogP contribution in [-0.2, 0) is 16.6 Å². The summed E-state index contributed by atoms with van der Waals surface area (Å²) in [5, 5.41) is 2.87. The Hall–Kier alpha value is -2.61. The average Bonchev–Trinajstić information content (AvgIpc) is 2.66. The number of rotatable bonds is 6. The van der Waals surface area contributed by atoms with Gasteiger partial charge in [0.2, 0.25) is 10.0 Å². The lowest BCUT2D eigenvalue weighted by atomic mass is 10.1. The van der Waals surface area contributed by atoms with Gasteiger partial charge in [-0.3, -0.25) is 9.52 Å². The number of hydrogen-bond acceptors (Lipinski definition) is 5. The minimum Gasteiger partial charge on any atom is -0.357 e. The highest BCUT2D eigenvalue weighted by Gasteiger charge is 2.13. The number of nitrogens with zero attached hydrogens (tertiary/aromatic N) is 2. The molecule has 0 radical (unpaired) electrons. The van der Waals surface area contributed by atoms with Crippen LogP contribution in [-0.4, -0.2) is 38.7 Å². The number of anilines is 2. The number of hydrogen-bond donors (Lipinski definition) is 2. The highest BCUT2D eigenvalue weighted by atomic mass is 32.2. The lowest BCUT2D eigenvalue weighted by Crippen LogP contribution is -2.30. The van der Waals surface area contributed by atoms with E-state index in [1.165, 1.54) is 25.3 Å². The molecule has 7 nitrogen and oxygen atoms in total. The molecule has 1 saturated heterocycles. The molecule has 8 heteroatoms. The van der Waals surface area contributed by atoms with Crippen molar-refractivity contribution in [2.75, 3.05) is 29.0 Å². The Labute approximate surface area is 159 Å². The van der Waals surface area contributed by atoms with E-state index >= 15 is 0 Å².